The van der Waals surface area contributed by atoms with Gasteiger partial charge in [-0.15, -0.1) is 0 Å². The molecule has 1 aromatic carbocycles. The number of fused-ring (bicyclic) bond motifs is 3. The van der Waals surface area contributed by atoms with Crippen molar-refractivity contribution in [1.82, 2.24) is 4.90 Å². The van der Waals surface area contributed by atoms with E-state index in [9.17, 15) is 33.9 Å². The molecule has 186 valence electrons. The largest absolute Gasteiger partial charge is 0.377 e. The molecular weight excluding hydrogens is 456 g/mol. The summed E-state index contributed by atoms with van der Waals surface area (Å²) in [6, 6.07) is 1.78. The Morgan fingerprint density at radius 1 is 1.03 bits per heavy atom. The first-order valence-corrected chi connectivity index (χ1v) is 11.2. The van der Waals surface area contributed by atoms with Crippen LogP contribution in [0, 0.1) is 23.7 Å². The quantitative estimate of drug-likeness (QED) is 0.421. The molecule has 5 unspecified atom stereocenters. The van der Waals surface area contributed by atoms with E-state index in [2.05, 4.69) is 0 Å². The summed E-state index contributed by atoms with van der Waals surface area (Å²) in [5.41, 5.74) is 9.45. The summed E-state index contributed by atoms with van der Waals surface area (Å²) in [6.45, 7) is 0. The summed E-state index contributed by atoms with van der Waals surface area (Å²) >= 11 is 0. The molecule has 4 rings (SSSR count). The van der Waals surface area contributed by atoms with E-state index in [0.29, 0.717) is 11.3 Å². The van der Waals surface area contributed by atoms with Gasteiger partial charge in [-0.25, -0.2) is 0 Å². The van der Waals surface area contributed by atoms with Gasteiger partial charge < -0.3 is 21.5 Å². The second kappa shape index (κ2) is 8.06. The standard InChI is InChI=1S/C24H28N4O7/c1-27(2)14-8-10(22(25)33)6-12-11(14)5-9-7-13-17(28(3)4)19(30)16(23(26)34)21(32)24(13,35)20(31)15(9)18(12)29/h6,8-9,13,15-17,35H,5,7H2,1-4H3,(H2,25,33)(H2,26,34)/t9?,13?,15?,16?,17?,24-/m0/s1. The molecule has 0 aromatic heterocycles. The van der Waals surface area contributed by atoms with E-state index in [1.54, 1.807) is 39.2 Å². The number of carbonyl (C=O) groups is 6. The zero-order valence-electron chi connectivity index (χ0n) is 19.9. The van der Waals surface area contributed by atoms with Gasteiger partial charge in [0.15, 0.2) is 34.7 Å². The molecule has 5 N–H and O–H groups in total. The molecule has 35 heavy (non-hydrogen) atoms. The van der Waals surface area contributed by atoms with Crippen molar-refractivity contribution in [1.29, 1.82) is 0 Å². The van der Waals surface area contributed by atoms with E-state index in [1.165, 1.54) is 11.0 Å². The van der Waals surface area contributed by atoms with Gasteiger partial charge in [-0.1, -0.05) is 0 Å². The number of carbonyl (C=O) groups excluding carboxylic acids is 6. The van der Waals surface area contributed by atoms with Crippen molar-refractivity contribution in [3.63, 3.8) is 0 Å². The summed E-state index contributed by atoms with van der Waals surface area (Å²) in [5.74, 6) is -10.8. The molecule has 0 radical (unpaired) electrons. The molecule has 3 aliphatic rings. The molecule has 6 atom stereocenters. The summed E-state index contributed by atoms with van der Waals surface area (Å²) in [7, 11) is 6.58. The smallest absolute Gasteiger partial charge is 0.248 e. The molecule has 1 aromatic rings. The number of ketones is 4. The summed E-state index contributed by atoms with van der Waals surface area (Å²) in [5, 5.41) is 11.6. The van der Waals surface area contributed by atoms with E-state index < -0.39 is 70.3 Å². The Kier molecular flexibility index (Phi) is 5.68. The lowest BCUT2D eigenvalue weighted by Gasteiger charge is -2.52. The number of aliphatic hydroxyl groups is 1. The third-order valence-electron chi connectivity index (χ3n) is 7.67. The van der Waals surface area contributed by atoms with Crippen LogP contribution in [0.2, 0.25) is 0 Å². The van der Waals surface area contributed by atoms with Crippen LogP contribution in [0.15, 0.2) is 12.1 Å². The van der Waals surface area contributed by atoms with Crippen LogP contribution >= 0.6 is 0 Å². The number of hydrogen-bond acceptors (Lipinski definition) is 9. The van der Waals surface area contributed by atoms with Gasteiger partial charge in [-0.3, -0.25) is 33.7 Å². The number of Topliss-reactive ketones (excluding diaryl/α,β-unsaturated/α-hetero) is 4. The topological polar surface area (TPSA) is 181 Å². The fourth-order valence-electron chi connectivity index (χ4n) is 6.13. The number of likely N-dealkylation sites (N-methyl/N-ethyl adjacent to an activating group) is 1. The molecule has 0 heterocycles. The summed E-state index contributed by atoms with van der Waals surface area (Å²) in [6.07, 6.45) is 0.271. The van der Waals surface area contributed by atoms with Crippen molar-refractivity contribution >= 4 is 40.6 Å². The monoisotopic (exact) mass is 484 g/mol. The van der Waals surface area contributed by atoms with Crippen molar-refractivity contribution in [2.45, 2.75) is 24.5 Å². The van der Waals surface area contributed by atoms with E-state index in [-0.39, 0.29) is 24.0 Å². The lowest BCUT2D eigenvalue weighted by atomic mass is 9.52. The number of amides is 2. The highest BCUT2D eigenvalue weighted by atomic mass is 16.3. The minimum Gasteiger partial charge on any atom is -0.377 e. The molecule has 2 amide bonds. The van der Waals surface area contributed by atoms with Crippen molar-refractivity contribution in [2.75, 3.05) is 33.1 Å². The highest BCUT2D eigenvalue weighted by Crippen LogP contribution is 2.50. The number of nitrogens with two attached hydrogens (primary N) is 2. The van der Waals surface area contributed by atoms with E-state index in [4.69, 9.17) is 11.5 Å². The molecule has 3 aliphatic carbocycles. The predicted octanol–water partition coefficient (Wildman–Crippen LogP) is -1.67. The average Bonchev–Trinajstić information content (AvgIpc) is 2.75. The third-order valence-corrected chi connectivity index (χ3v) is 7.67. The highest BCUT2D eigenvalue weighted by molar-refractivity contribution is 6.32. The molecule has 0 saturated heterocycles. The SMILES string of the molecule is CN(C)c1cc(C(N)=O)cc2c1CC1CC3C(N(C)C)C(=O)C(C(N)=O)C(=O)[C@@]3(O)C(=O)C1C2=O. The second-order valence-corrected chi connectivity index (χ2v) is 10.1. The van der Waals surface area contributed by atoms with Crippen LogP contribution in [0.1, 0.15) is 32.7 Å². The van der Waals surface area contributed by atoms with Gasteiger partial charge in [-0.05, 0) is 50.6 Å². The Morgan fingerprint density at radius 2 is 1.66 bits per heavy atom. The molecular formula is C24H28N4O7. The minimum absolute atomic E-state index is 0.0222. The third kappa shape index (κ3) is 3.33. The van der Waals surface area contributed by atoms with E-state index in [1.807, 2.05) is 0 Å². The van der Waals surface area contributed by atoms with Gasteiger partial charge in [0.25, 0.3) is 0 Å². The zero-order chi connectivity index (χ0) is 26.1. The van der Waals surface area contributed by atoms with Crippen molar-refractivity contribution in [3.8, 4) is 0 Å². The van der Waals surface area contributed by atoms with Crippen LogP contribution < -0.4 is 16.4 Å². The number of rotatable bonds is 4. The zero-order valence-corrected chi connectivity index (χ0v) is 19.9. The number of primary amides is 2. The van der Waals surface area contributed by atoms with Crippen molar-refractivity contribution in [3.05, 3.63) is 28.8 Å². The van der Waals surface area contributed by atoms with Crippen LogP contribution in [-0.4, -0.2) is 84.8 Å². The number of hydrogen-bond donors (Lipinski definition) is 3. The average molecular weight is 485 g/mol. The van der Waals surface area contributed by atoms with Crippen LogP contribution in [0.3, 0.4) is 0 Å². The lowest BCUT2D eigenvalue weighted by molar-refractivity contribution is -0.181. The molecule has 0 aliphatic heterocycles. The van der Waals surface area contributed by atoms with E-state index >= 15 is 0 Å². The summed E-state index contributed by atoms with van der Waals surface area (Å²) < 4.78 is 0. The van der Waals surface area contributed by atoms with Crippen LogP contribution in [0.5, 0.6) is 0 Å². The number of benzene rings is 1. The van der Waals surface area contributed by atoms with Crippen LogP contribution in [0.4, 0.5) is 5.69 Å². The molecule has 2 fully saturated rings. The first kappa shape index (κ1) is 24.7. The normalized spacial score (nSPS) is 32.1. The minimum atomic E-state index is -2.72. The summed E-state index contributed by atoms with van der Waals surface area (Å²) in [4.78, 5) is 80.8. The van der Waals surface area contributed by atoms with Gasteiger partial charge >= 0.3 is 0 Å². The molecule has 0 bridgehead atoms. The molecule has 0 spiro atoms. The number of nitrogens with zero attached hydrogens (tertiary/aromatic N) is 2. The maximum Gasteiger partial charge on any atom is 0.248 e. The maximum absolute atomic E-state index is 13.8. The van der Waals surface area contributed by atoms with Gasteiger partial charge in [0, 0.05) is 36.8 Å². The van der Waals surface area contributed by atoms with Gasteiger partial charge in [-0.2, -0.15) is 0 Å². The number of anilines is 1. The Labute approximate surface area is 201 Å². The Morgan fingerprint density at radius 3 is 2.17 bits per heavy atom. The predicted molar refractivity (Wildman–Crippen MR) is 123 cm³/mol. The fourth-order valence-corrected chi connectivity index (χ4v) is 6.13. The molecule has 11 nitrogen and oxygen atoms in total. The van der Waals surface area contributed by atoms with Gasteiger partial charge in [0.2, 0.25) is 11.8 Å². The Balaban J connectivity index is 1.89. The highest BCUT2D eigenvalue weighted by Gasteiger charge is 2.69. The van der Waals surface area contributed by atoms with E-state index in [0.717, 1.165) is 0 Å². The maximum atomic E-state index is 13.8. The second-order valence-electron chi connectivity index (χ2n) is 10.1. The molecule has 11 heteroatoms. The van der Waals surface area contributed by atoms with Crippen molar-refractivity contribution in [2.24, 2.45) is 35.1 Å². The van der Waals surface area contributed by atoms with Crippen LogP contribution in [-0.2, 0) is 25.6 Å². The lowest BCUT2D eigenvalue weighted by Crippen LogP contribution is -2.74. The Hall–Kier alpha value is -3.44. The first-order valence-electron chi connectivity index (χ1n) is 11.2. The van der Waals surface area contributed by atoms with Crippen LogP contribution in [0.25, 0.3) is 0 Å². The first-order chi connectivity index (χ1) is 16.2. The Bertz CT molecular complexity index is 1210. The molecule has 2 saturated carbocycles. The van der Waals surface area contributed by atoms with Gasteiger partial charge in [0.1, 0.15) is 0 Å². The van der Waals surface area contributed by atoms with Crippen molar-refractivity contribution < 1.29 is 33.9 Å². The van der Waals surface area contributed by atoms with Gasteiger partial charge in [0.05, 0.1) is 12.0 Å². The fraction of sp³-hybridized carbons (Fsp3) is 0.500.